The summed E-state index contributed by atoms with van der Waals surface area (Å²) in [5.41, 5.74) is 1.78. The van der Waals surface area contributed by atoms with Crippen molar-refractivity contribution in [3.63, 3.8) is 0 Å². The van der Waals surface area contributed by atoms with Gasteiger partial charge in [-0.1, -0.05) is 24.1 Å². The molecule has 21 heavy (non-hydrogen) atoms. The van der Waals surface area contributed by atoms with Gasteiger partial charge in [0.25, 0.3) is 0 Å². The van der Waals surface area contributed by atoms with Crippen LogP contribution in [0, 0.1) is 6.92 Å². The molecule has 3 atom stereocenters. The highest BCUT2D eigenvalue weighted by Crippen LogP contribution is 2.23. The predicted octanol–water partition coefficient (Wildman–Crippen LogP) is 3.80. The lowest BCUT2D eigenvalue weighted by Crippen LogP contribution is -2.47. The zero-order valence-electron chi connectivity index (χ0n) is 13.6. The highest BCUT2D eigenvalue weighted by atomic mass is 16.5. The van der Waals surface area contributed by atoms with Gasteiger partial charge in [-0.3, -0.25) is 4.90 Å². The summed E-state index contributed by atoms with van der Waals surface area (Å²) in [4.78, 5) is 14.6. The first kappa shape index (κ1) is 16.0. The largest absolute Gasteiger partial charge is 0.458 e. The van der Waals surface area contributed by atoms with Gasteiger partial charge in [-0.2, -0.15) is 0 Å². The minimum atomic E-state index is -0.222. The van der Waals surface area contributed by atoms with E-state index in [0.717, 1.165) is 12.1 Å². The van der Waals surface area contributed by atoms with Gasteiger partial charge in [-0.05, 0) is 52.7 Å². The monoisotopic (exact) mass is 289 g/mol. The van der Waals surface area contributed by atoms with Gasteiger partial charge in [-0.25, -0.2) is 4.79 Å². The second-order valence-electron chi connectivity index (χ2n) is 6.41. The van der Waals surface area contributed by atoms with E-state index in [1.54, 1.807) is 0 Å². The van der Waals surface area contributed by atoms with Gasteiger partial charge in [0.2, 0.25) is 0 Å². The maximum absolute atomic E-state index is 12.1. The Balaban J connectivity index is 1.90. The molecule has 1 aromatic carbocycles. The maximum Gasteiger partial charge on any atom is 0.338 e. The van der Waals surface area contributed by atoms with Crippen molar-refractivity contribution in [1.82, 2.24) is 4.90 Å². The second kappa shape index (κ2) is 7.08. The lowest BCUT2D eigenvalue weighted by molar-refractivity contribution is 0.00812. The Kier molecular flexibility index (Phi) is 5.40. The number of aryl methyl sites for hydroxylation is 1. The first-order valence-corrected chi connectivity index (χ1v) is 8.00. The van der Waals surface area contributed by atoms with Gasteiger partial charge in [0, 0.05) is 18.6 Å². The van der Waals surface area contributed by atoms with E-state index in [1.165, 1.54) is 19.3 Å². The van der Waals surface area contributed by atoms with E-state index >= 15 is 0 Å². The number of likely N-dealkylation sites (tertiary alicyclic amines) is 1. The van der Waals surface area contributed by atoms with Crippen LogP contribution in [0.4, 0.5) is 0 Å². The molecule has 0 unspecified atom stereocenters. The van der Waals surface area contributed by atoms with Crippen molar-refractivity contribution in [2.24, 2.45) is 0 Å². The number of benzene rings is 1. The Morgan fingerprint density at radius 3 is 2.38 bits per heavy atom. The third kappa shape index (κ3) is 4.31. The van der Waals surface area contributed by atoms with Crippen molar-refractivity contribution in [3.8, 4) is 0 Å². The number of carbonyl (C=O) groups excluding carboxylic acids is 1. The molecule has 2 rings (SSSR count). The van der Waals surface area contributed by atoms with Crippen molar-refractivity contribution in [2.45, 2.75) is 65.1 Å². The number of nitrogens with zero attached hydrogens (tertiary/aromatic N) is 1. The average Bonchev–Trinajstić information content (AvgIpc) is 2.43. The lowest BCUT2D eigenvalue weighted by atomic mass is 9.97. The van der Waals surface area contributed by atoms with Crippen molar-refractivity contribution < 1.29 is 9.53 Å². The molecule has 0 spiro atoms. The average molecular weight is 289 g/mol. The van der Waals surface area contributed by atoms with Gasteiger partial charge in [0.15, 0.2) is 0 Å². The summed E-state index contributed by atoms with van der Waals surface area (Å²) in [6.45, 7) is 9.35. The fourth-order valence-electron chi connectivity index (χ4n) is 3.11. The normalized spacial score (nSPS) is 24.6. The van der Waals surface area contributed by atoms with E-state index in [0.29, 0.717) is 17.6 Å². The summed E-state index contributed by atoms with van der Waals surface area (Å²) in [6.07, 6.45) is 3.70. The van der Waals surface area contributed by atoms with E-state index in [4.69, 9.17) is 4.74 Å². The molecule has 0 amide bonds. The molecular formula is C18H27NO2. The third-order valence-electron chi connectivity index (χ3n) is 4.44. The molecule has 3 nitrogen and oxygen atoms in total. The highest BCUT2D eigenvalue weighted by Gasteiger charge is 2.26. The van der Waals surface area contributed by atoms with Crippen LogP contribution < -0.4 is 0 Å². The molecule has 0 saturated carbocycles. The SMILES string of the molecule is Cc1ccc(C(=O)O[C@@H](C)CN2[C@@H](C)CCC[C@@H]2C)cc1. The minimum absolute atomic E-state index is 0.0817. The molecule has 1 aromatic rings. The molecule has 1 saturated heterocycles. The van der Waals surface area contributed by atoms with Crippen LogP contribution in [0.5, 0.6) is 0 Å². The fraction of sp³-hybridized carbons (Fsp3) is 0.611. The van der Waals surface area contributed by atoms with E-state index < -0.39 is 0 Å². The summed E-state index contributed by atoms with van der Waals surface area (Å²) in [7, 11) is 0. The molecule has 0 N–H and O–H groups in total. The van der Waals surface area contributed by atoms with Crippen LogP contribution in [0.15, 0.2) is 24.3 Å². The van der Waals surface area contributed by atoms with Gasteiger partial charge in [-0.15, -0.1) is 0 Å². The van der Waals surface area contributed by atoms with Crippen LogP contribution >= 0.6 is 0 Å². The standard InChI is InChI=1S/C18H27NO2/c1-13-8-10-17(11-9-13)18(20)21-16(4)12-19-14(2)6-5-7-15(19)3/h8-11,14-16H,5-7,12H2,1-4H3/t14-,15-,16-/m0/s1. The summed E-state index contributed by atoms with van der Waals surface area (Å²) >= 11 is 0. The predicted molar refractivity (Wildman–Crippen MR) is 85.5 cm³/mol. The Morgan fingerprint density at radius 2 is 1.81 bits per heavy atom. The molecule has 3 heteroatoms. The number of esters is 1. The van der Waals surface area contributed by atoms with Gasteiger partial charge >= 0.3 is 5.97 Å². The van der Waals surface area contributed by atoms with Crippen molar-refractivity contribution in [1.29, 1.82) is 0 Å². The Bertz CT molecular complexity index is 459. The van der Waals surface area contributed by atoms with Gasteiger partial charge < -0.3 is 4.74 Å². The zero-order chi connectivity index (χ0) is 15.4. The minimum Gasteiger partial charge on any atom is -0.458 e. The highest BCUT2D eigenvalue weighted by molar-refractivity contribution is 5.89. The molecule has 0 radical (unpaired) electrons. The Labute approximate surface area is 128 Å². The number of hydrogen-bond acceptors (Lipinski definition) is 3. The number of piperidine rings is 1. The fourth-order valence-corrected chi connectivity index (χ4v) is 3.11. The number of hydrogen-bond donors (Lipinski definition) is 0. The summed E-state index contributed by atoms with van der Waals surface area (Å²) < 4.78 is 5.60. The van der Waals surface area contributed by atoms with E-state index in [9.17, 15) is 4.79 Å². The number of carbonyl (C=O) groups is 1. The molecule has 1 aliphatic rings. The summed E-state index contributed by atoms with van der Waals surface area (Å²) in [6, 6.07) is 8.70. The molecule has 1 fully saturated rings. The van der Waals surface area contributed by atoms with Crippen LogP contribution in [0.2, 0.25) is 0 Å². The number of ether oxygens (including phenoxy) is 1. The Hall–Kier alpha value is -1.35. The van der Waals surface area contributed by atoms with Crippen molar-refractivity contribution >= 4 is 5.97 Å². The molecule has 116 valence electrons. The topological polar surface area (TPSA) is 29.5 Å². The van der Waals surface area contributed by atoms with Crippen LogP contribution in [-0.4, -0.2) is 35.6 Å². The molecule has 0 bridgehead atoms. The molecule has 1 heterocycles. The van der Waals surface area contributed by atoms with Gasteiger partial charge in [0.05, 0.1) is 5.56 Å². The van der Waals surface area contributed by atoms with E-state index in [1.807, 2.05) is 38.1 Å². The van der Waals surface area contributed by atoms with Crippen molar-refractivity contribution in [3.05, 3.63) is 35.4 Å². The van der Waals surface area contributed by atoms with Crippen LogP contribution in [0.1, 0.15) is 56.0 Å². The zero-order valence-corrected chi connectivity index (χ0v) is 13.6. The van der Waals surface area contributed by atoms with Crippen LogP contribution in [-0.2, 0) is 4.74 Å². The van der Waals surface area contributed by atoms with Crippen LogP contribution in [0.3, 0.4) is 0 Å². The summed E-state index contributed by atoms with van der Waals surface area (Å²) in [5.74, 6) is -0.222. The van der Waals surface area contributed by atoms with Crippen LogP contribution in [0.25, 0.3) is 0 Å². The third-order valence-corrected chi connectivity index (χ3v) is 4.44. The van der Waals surface area contributed by atoms with Crippen molar-refractivity contribution in [2.75, 3.05) is 6.54 Å². The molecular weight excluding hydrogens is 262 g/mol. The quantitative estimate of drug-likeness (QED) is 0.790. The number of rotatable bonds is 4. The first-order chi connectivity index (χ1) is 9.97. The maximum atomic E-state index is 12.1. The van der Waals surface area contributed by atoms with E-state index in [-0.39, 0.29) is 12.1 Å². The second-order valence-corrected chi connectivity index (χ2v) is 6.41. The smallest absolute Gasteiger partial charge is 0.338 e. The molecule has 0 aromatic heterocycles. The Morgan fingerprint density at radius 1 is 1.24 bits per heavy atom. The lowest BCUT2D eigenvalue weighted by Gasteiger charge is -2.40. The van der Waals surface area contributed by atoms with E-state index in [2.05, 4.69) is 18.7 Å². The summed E-state index contributed by atoms with van der Waals surface area (Å²) in [5, 5.41) is 0. The van der Waals surface area contributed by atoms with Gasteiger partial charge in [0.1, 0.15) is 6.10 Å². The molecule has 0 aliphatic carbocycles. The first-order valence-electron chi connectivity index (χ1n) is 8.00. The molecule has 1 aliphatic heterocycles.